The summed E-state index contributed by atoms with van der Waals surface area (Å²) in [6.45, 7) is 8.74. The van der Waals surface area contributed by atoms with Crippen LogP contribution in [0.15, 0.2) is 12.2 Å². The number of unbranched alkanes of at least 4 members (excludes halogenated alkanes) is 3. The molecular weight excluding hydrogens is 164 g/mol. The van der Waals surface area contributed by atoms with Crippen LogP contribution >= 0.6 is 11.8 Å². The Labute approximate surface area is 80.8 Å². The summed E-state index contributed by atoms with van der Waals surface area (Å²) in [5.41, 5.74) is 1.48. The molecule has 0 aromatic carbocycles. The Bertz CT molecular complexity index is 156. The van der Waals surface area contributed by atoms with Crippen LogP contribution in [0.4, 0.5) is 0 Å². The largest absolute Gasteiger partial charge is 0.148 e. The van der Waals surface area contributed by atoms with Crippen molar-refractivity contribution < 1.29 is 0 Å². The molecule has 1 heteroatoms. The molecule has 0 radical (unpaired) electrons. The van der Waals surface area contributed by atoms with Crippen LogP contribution in [0.5, 0.6) is 0 Å². The van der Waals surface area contributed by atoms with Crippen LogP contribution in [0.25, 0.3) is 0 Å². The van der Waals surface area contributed by atoms with Crippen LogP contribution in [-0.2, 0) is 0 Å². The van der Waals surface area contributed by atoms with Crippen LogP contribution in [0, 0.1) is 0 Å². The standard InChI is InChI=1S/C11H20S/c1-4-5-6-7-8-10(2)11(3)9-12-11/h2,4-9H2,1,3H3. The lowest BCUT2D eigenvalue weighted by molar-refractivity contribution is 0.650. The van der Waals surface area contributed by atoms with E-state index in [9.17, 15) is 0 Å². The average Bonchev–Trinajstić information content (AvgIpc) is 2.78. The number of hydrogen-bond acceptors (Lipinski definition) is 1. The van der Waals surface area contributed by atoms with Crippen molar-refractivity contribution >= 4 is 11.8 Å². The number of thioether (sulfide) groups is 1. The number of hydrogen-bond donors (Lipinski definition) is 0. The van der Waals surface area contributed by atoms with Gasteiger partial charge in [-0.2, -0.15) is 0 Å². The van der Waals surface area contributed by atoms with Gasteiger partial charge in [-0.1, -0.05) is 38.3 Å². The van der Waals surface area contributed by atoms with Crippen molar-refractivity contribution in [3.8, 4) is 0 Å². The van der Waals surface area contributed by atoms with E-state index in [0.717, 1.165) is 0 Å². The van der Waals surface area contributed by atoms with Gasteiger partial charge in [-0.05, 0) is 19.8 Å². The molecule has 0 amide bonds. The predicted molar refractivity (Wildman–Crippen MR) is 58.8 cm³/mol. The van der Waals surface area contributed by atoms with E-state index in [-0.39, 0.29) is 0 Å². The molecule has 1 atom stereocenters. The van der Waals surface area contributed by atoms with Crippen LogP contribution in [0.1, 0.15) is 46.0 Å². The Balaban J connectivity index is 2.03. The highest BCUT2D eigenvalue weighted by molar-refractivity contribution is 8.08. The molecule has 1 aliphatic heterocycles. The third-order valence-electron chi connectivity index (χ3n) is 2.66. The van der Waals surface area contributed by atoms with E-state index in [1.165, 1.54) is 43.4 Å². The second kappa shape index (κ2) is 4.36. The number of rotatable bonds is 6. The highest BCUT2D eigenvalue weighted by Gasteiger charge is 2.40. The van der Waals surface area contributed by atoms with Crippen LogP contribution < -0.4 is 0 Å². The molecule has 12 heavy (non-hydrogen) atoms. The minimum atomic E-state index is 0.478. The maximum atomic E-state index is 4.17. The van der Waals surface area contributed by atoms with Gasteiger partial charge in [0.05, 0.1) is 0 Å². The Hall–Kier alpha value is 0.0900. The zero-order valence-corrected chi connectivity index (χ0v) is 9.17. The van der Waals surface area contributed by atoms with Crippen molar-refractivity contribution in [2.24, 2.45) is 0 Å². The molecule has 1 unspecified atom stereocenters. The summed E-state index contributed by atoms with van der Waals surface area (Å²) in [6, 6.07) is 0. The topological polar surface area (TPSA) is 0 Å². The van der Waals surface area contributed by atoms with E-state index in [1.54, 1.807) is 0 Å². The SMILES string of the molecule is C=C(CCCCCC)C1(C)CS1. The quantitative estimate of drug-likeness (QED) is 0.341. The average molecular weight is 184 g/mol. The summed E-state index contributed by atoms with van der Waals surface area (Å²) in [4.78, 5) is 0. The summed E-state index contributed by atoms with van der Waals surface area (Å²) < 4.78 is 0.478. The molecule has 70 valence electrons. The first-order chi connectivity index (χ1) is 5.69. The summed E-state index contributed by atoms with van der Waals surface area (Å²) in [7, 11) is 0. The van der Waals surface area contributed by atoms with Crippen molar-refractivity contribution in [2.45, 2.75) is 50.7 Å². The second-order valence-corrected chi connectivity index (χ2v) is 5.41. The van der Waals surface area contributed by atoms with Gasteiger partial charge in [0.15, 0.2) is 0 Å². The van der Waals surface area contributed by atoms with Gasteiger partial charge >= 0.3 is 0 Å². The Morgan fingerprint density at radius 1 is 1.42 bits per heavy atom. The summed E-state index contributed by atoms with van der Waals surface area (Å²) in [5, 5.41) is 0. The molecule has 0 aliphatic carbocycles. The molecule has 1 aliphatic rings. The van der Waals surface area contributed by atoms with E-state index in [0.29, 0.717) is 4.75 Å². The molecule has 0 aromatic heterocycles. The zero-order valence-electron chi connectivity index (χ0n) is 8.36. The monoisotopic (exact) mass is 184 g/mol. The summed E-state index contributed by atoms with van der Waals surface area (Å²) >= 11 is 2.04. The van der Waals surface area contributed by atoms with Gasteiger partial charge in [0.2, 0.25) is 0 Å². The van der Waals surface area contributed by atoms with Crippen molar-refractivity contribution in [2.75, 3.05) is 5.75 Å². The predicted octanol–water partition coefficient (Wildman–Crippen LogP) is 4.02. The lowest BCUT2D eigenvalue weighted by Crippen LogP contribution is -2.05. The summed E-state index contributed by atoms with van der Waals surface area (Å²) in [6.07, 6.45) is 6.71. The van der Waals surface area contributed by atoms with E-state index >= 15 is 0 Å². The van der Waals surface area contributed by atoms with Gasteiger partial charge in [0.25, 0.3) is 0 Å². The smallest absolute Gasteiger partial charge is 0.0428 e. The molecule has 1 rings (SSSR count). The second-order valence-electron chi connectivity index (χ2n) is 3.93. The van der Waals surface area contributed by atoms with Crippen molar-refractivity contribution in [3.63, 3.8) is 0 Å². The first-order valence-electron chi connectivity index (χ1n) is 5.01. The highest BCUT2D eigenvalue weighted by Crippen LogP contribution is 2.50. The molecule has 0 aromatic rings. The minimum Gasteiger partial charge on any atom is -0.148 e. The molecule has 1 heterocycles. The third-order valence-corrected chi connectivity index (χ3v) is 4.10. The first-order valence-corrected chi connectivity index (χ1v) is 6.00. The molecule has 0 bridgehead atoms. The molecule has 1 fully saturated rings. The van der Waals surface area contributed by atoms with Crippen LogP contribution in [-0.4, -0.2) is 10.5 Å². The van der Waals surface area contributed by atoms with E-state index < -0.39 is 0 Å². The van der Waals surface area contributed by atoms with Gasteiger partial charge < -0.3 is 0 Å². The fourth-order valence-electron chi connectivity index (χ4n) is 1.34. The van der Waals surface area contributed by atoms with Crippen molar-refractivity contribution in [1.29, 1.82) is 0 Å². The Kier molecular flexibility index (Phi) is 3.70. The van der Waals surface area contributed by atoms with Gasteiger partial charge in [-0.15, -0.1) is 11.8 Å². The lowest BCUT2D eigenvalue weighted by Gasteiger charge is -2.09. The lowest BCUT2D eigenvalue weighted by atomic mass is 9.98. The maximum Gasteiger partial charge on any atom is 0.0428 e. The first kappa shape index (κ1) is 10.2. The molecule has 0 spiro atoms. The van der Waals surface area contributed by atoms with E-state index in [1.807, 2.05) is 11.8 Å². The van der Waals surface area contributed by atoms with Gasteiger partial charge in [0.1, 0.15) is 0 Å². The van der Waals surface area contributed by atoms with Gasteiger partial charge in [-0.25, -0.2) is 0 Å². The third kappa shape index (κ3) is 2.85. The fraction of sp³-hybridized carbons (Fsp3) is 0.818. The van der Waals surface area contributed by atoms with E-state index in [2.05, 4.69) is 20.4 Å². The molecule has 0 saturated carbocycles. The molecule has 0 N–H and O–H groups in total. The zero-order chi connectivity index (χ0) is 9.03. The normalized spacial score (nSPS) is 27.2. The molecule has 0 nitrogen and oxygen atoms in total. The van der Waals surface area contributed by atoms with Crippen molar-refractivity contribution in [1.82, 2.24) is 0 Å². The Morgan fingerprint density at radius 3 is 2.58 bits per heavy atom. The molecule has 1 saturated heterocycles. The van der Waals surface area contributed by atoms with Gasteiger partial charge in [0, 0.05) is 10.5 Å². The fourth-order valence-corrected chi connectivity index (χ4v) is 2.07. The van der Waals surface area contributed by atoms with E-state index in [4.69, 9.17) is 0 Å². The minimum absolute atomic E-state index is 0.478. The van der Waals surface area contributed by atoms with Crippen LogP contribution in [0.3, 0.4) is 0 Å². The van der Waals surface area contributed by atoms with Crippen LogP contribution in [0.2, 0.25) is 0 Å². The Morgan fingerprint density at radius 2 is 2.08 bits per heavy atom. The highest BCUT2D eigenvalue weighted by atomic mass is 32.2. The van der Waals surface area contributed by atoms with Crippen molar-refractivity contribution in [3.05, 3.63) is 12.2 Å². The molecular formula is C11H20S. The van der Waals surface area contributed by atoms with Gasteiger partial charge in [-0.3, -0.25) is 0 Å². The maximum absolute atomic E-state index is 4.17. The summed E-state index contributed by atoms with van der Waals surface area (Å²) in [5.74, 6) is 1.31.